The molecule has 0 spiro atoms. The van der Waals surface area contributed by atoms with Crippen LogP contribution in [0, 0.1) is 5.82 Å². The lowest BCUT2D eigenvalue weighted by molar-refractivity contribution is -0.139. The van der Waals surface area contributed by atoms with E-state index in [2.05, 4.69) is 26.0 Å². The molecular weight excluding hydrogens is 312 g/mol. The van der Waals surface area contributed by atoms with Gasteiger partial charge in [-0.2, -0.15) is 0 Å². The van der Waals surface area contributed by atoms with E-state index in [0.717, 1.165) is 0 Å². The zero-order valence-electron chi connectivity index (χ0n) is 9.17. The van der Waals surface area contributed by atoms with Crippen molar-refractivity contribution in [3.05, 3.63) is 34.6 Å². The molecule has 1 atom stereocenters. The Balaban J connectivity index is 2.45. The van der Waals surface area contributed by atoms with Gasteiger partial charge in [-0.05, 0) is 18.2 Å². The molecule has 1 rings (SSSR count). The van der Waals surface area contributed by atoms with Crippen LogP contribution in [0.4, 0.5) is 4.39 Å². The first-order valence-electron chi connectivity index (χ1n) is 4.91. The molecule has 0 bridgehead atoms. The fourth-order valence-electron chi connectivity index (χ4n) is 1.22. The number of esters is 1. The average molecular weight is 325 g/mol. The van der Waals surface area contributed by atoms with Crippen molar-refractivity contribution < 1.29 is 13.9 Å². The smallest absolute Gasteiger partial charge is 0.320 e. The number of halogens is 3. The van der Waals surface area contributed by atoms with Crippen molar-refractivity contribution in [3.8, 4) is 0 Å². The number of alkyl halides is 1. The third-order valence-electron chi connectivity index (χ3n) is 2.10. The Hall–Kier alpha value is -0.650. The number of methoxy groups -OCH3 is 1. The summed E-state index contributed by atoms with van der Waals surface area (Å²) < 4.78 is 17.9. The van der Waals surface area contributed by atoms with Crippen LogP contribution in [0.15, 0.2) is 18.2 Å². The summed E-state index contributed by atoms with van der Waals surface area (Å²) in [6.45, 7) is 0.643. The monoisotopic (exact) mass is 323 g/mol. The zero-order valence-corrected chi connectivity index (χ0v) is 11.5. The highest BCUT2D eigenvalue weighted by molar-refractivity contribution is 9.10. The Kier molecular flexibility index (Phi) is 5.88. The first kappa shape index (κ1) is 14.4. The van der Waals surface area contributed by atoms with Crippen LogP contribution in [0.1, 0.15) is 5.56 Å². The second-order valence-corrected chi connectivity index (χ2v) is 4.90. The number of rotatable bonds is 5. The van der Waals surface area contributed by atoms with E-state index in [1.807, 2.05) is 0 Å². The molecule has 0 aliphatic heterocycles. The third-order valence-corrected chi connectivity index (χ3v) is 3.04. The van der Waals surface area contributed by atoms with Gasteiger partial charge in [-0.3, -0.25) is 4.79 Å². The van der Waals surface area contributed by atoms with Crippen LogP contribution in [0.2, 0.25) is 5.02 Å². The first-order chi connectivity index (χ1) is 8.04. The molecule has 0 saturated heterocycles. The van der Waals surface area contributed by atoms with Gasteiger partial charge in [0.1, 0.15) is 10.6 Å². The predicted octanol–water partition coefficient (Wildman–Crippen LogP) is 2.51. The molecule has 94 valence electrons. The minimum Gasteiger partial charge on any atom is -0.468 e. The summed E-state index contributed by atoms with van der Waals surface area (Å²) in [6, 6.07) is 4.35. The second kappa shape index (κ2) is 6.93. The Bertz CT molecular complexity index is 403. The molecule has 0 aliphatic rings. The molecule has 0 aliphatic carbocycles. The standard InChI is InChI=1S/C11H12BrClFNO2/c1-17-11(16)9(12)6-15-5-7-4-8(13)2-3-10(7)14/h2-4,9,15H,5-6H2,1H3. The van der Waals surface area contributed by atoms with E-state index >= 15 is 0 Å². The fraction of sp³-hybridized carbons (Fsp3) is 0.364. The summed E-state index contributed by atoms with van der Waals surface area (Å²) in [7, 11) is 1.31. The SMILES string of the molecule is COC(=O)C(Br)CNCc1cc(Cl)ccc1F. The maximum atomic E-state index is 13.3. The number of benzene rings is 1. The van der Waals surface area contributed by atoms with E-state index in [4.69, 9.17) is 11.6 Å². The van der Waals surface area contributed by atoms with Gasteiger partial charge in [0.25, 0.3) is 0 Å². The van der Waals surface area contributed by atoms with Crippen molar-refractivity contribution in [1.29, 1.82) is 0 Å². The molecule has 1 N–H and O–H groups in total. The molecule has 0 amide bonds. The van der Waals surface area contributed by atoms with E-state index in [0.29, 0.717) is 23.7 Å². The van der Waals surface area contributed by atoms with E-state index in [9.17, 15) is 9.18 Å². The molecule has 1 aromatic carbocycles. The van der Waals surface area contributed by atoms with Crippen molar-refractivity contribution in [3.63, 3.8) is 0 Å². The van der Waals surface area contributed by atoms with Gasteiger partial charge in [-0.25, -0.2) is 4.39 Å². The molecule has 0 radical (unpaired) electrons. The average Bonchev–Trinajstić information content (AvgIpc) is 2.32. The molecule has 0 saturated carbocycles. The van der Waals surface area contributed by atoms with Gasteiger partial charge in [0.2, 0.25) is 0 Å². The number of hydrogen-bond acceptors (Lipinski definition) is 3. The topological polar surface area (TPSA) is 38.3 Å². The Morgan fingerprint density at radius 2 is 2.35 bits per heavy atom. The summed E-state index contributed by atoms with van der Waals surface area (Å²) in [4.78, 5) is 10.6. The van der Waals surface area contributed by atoms with Crippen molar-refractivity contribution in [2.24, 2.45) is 0 Å². The Morgan fingerprint density at radius 1 is 1.65 bits per heavy atom. The first-order valence-corrected chi connectivity index (χ1v) is 6.20. The number of carbonyl (C=O) groups excluding carboxylic acids is 1. The molecule has 0 fully saturated rings. The maximum absolute atomic E-state index is 13.3. The van der Waals surface area contributed by atoms with E-state index in [1.54, 1.807) is 6.07 Å². The summed E-state index contributed by atoms with van der Waals surface area (Å²) in [6.07, 6.45) is 0. The predicted molar refractivity (Wildman–Crippen MR) is 67.8 cm³/mol. The lowest BCUT2D eigenvalue weighted by atomic mass is 10.2. The normalized spacial score (nSPS) is 12.2. The van der Waals surface area contributed by atoms with Crippen LogP contribution in [0.5, 0.6) is 0 Å². The minimum atomic E-state index is -0.449. The van der Waals surface area contributed by atoms with Gasteiger partial charge in [0.15, 0.2) is 0 Å². The van der Waals surface area contributed by atoms with Gasteiger partial charge in [-0.1, -0.05) is 27.5 Å². The highest BCUT2D eigenvalue weighted by Crippen LogP contribution is 2.14. The highest BCUT2D eigenvalue weighted by Gasteiger charge is 2.14. The number of carbonyl (C=O) groups is 1. The Morgan fingerprint density at radius 3 is 3.00 bits per heavy atom. The van der Waals surface area contributed by atoms with Gasteiger partial charge < -0.3 is 10.1 Å². The lowest BCUT2D eigenvalue weighted by Gasteiger charge is -2.09. The molecule has 1 unspecified atom stereocenters. The molecule has 0 aromatic heterocycles. The quantitative estimate of drug-likeness (QED) is 0.668. The number of nitrogens with one attached hydrogen (secondary N) is 1. The van der Waals surface area contributed by atoms with Crippen molar-refractivity contribution in [1.82, 2.24) is 5.32 Å². The van der Waals surface area contributed by atoms with Crippen LogP contribution < -0.4 is 5.32 Å². The third kappa shape index (κ3) is 4.61. The van der Waals surface area contributed by atoms with E-state index < -0.39 is 4.83 Å². The molecule has 17 heavy (non-hydrogen) atoms. The van der Waals surface area contributed by atoms with Crippen molar-refractivity contribution >= 4 is 33.5 Å². The van der Waals surface area contributed by atoms with Gasteiger partial charge >= 0.3 is 5.97 Å². The number of hydrogen-bond donors (Lipinski definition) is 1. The van der Waals surface area contributed by atoms with Crippen molar-refractivity contribution in [2.45, 2.75) is 11.4 Å². The minimum absolute atomic E-state index is 0.297. The second-order valence-electron chi connectivity index (χ2n) is 3.36. The summed E-state index contributed by atoms with van der Waals surface area (Å²) in [5.41, 5.74) is 0.460. The van der Waals surface area contributed by atoms with Crippen LogP contribution in [-0.4, -0.2) is 24.5 Å². The molecule has 6 heteroatoms. The van der Waals surface area contributed by atoms with Crippen LogP contribution >= 0.6 is 27.5 Å². The molecular formula is C11H12BrClFNO2. The van der Waals surface area contributed by atoms with Crippen LogP contribution in [0.3, 0.4) is 0 Å². The van der Waals surface area contributed by atoms with Crippen LogP contribution in [-0.2, 0) is 16.1 Å². The summed E-state index contributed by atoms with van der Waals surface area (Å²) in [5.74, 6) is -0.699. The zero-order chi connectivity index (χ0) is 12.8. The largest absolute Gasteiger partial charge is 0.468 e. The highest BCUT2D eigenvalue weighted by atomic mass is 79.9. The fourth-order valence-corrected chi connectivity index (χ4v) is 1.83. The van der Waals surface area contributed by atoms with Gasteiger partial charge in [0, 0.05) is 23.7 Å². The molecule has 3 nitrogen and oxygen atoms in total. The van der Waals surface area contributed by atoms with Gasteiger partial charge in [-0.15, -0.1) is 0 Å². The van der Waals surface area contributed by atoms with Crippen LogP contribution in [0.25, 0.3) is 0 Å². The van der Waals surface area contributed by atoms with E-state index in [-0.39, 0.29) is 11.8 Å². The maximum Gasteiger partial charge on any atom is 0.320 e. The molecule has 0 heterocycles. The van der Waals surface area contributed by atoms with Gasteiger partial charge in [0.05, 0.1) is 7.11 Å². The molecule has 1 aromatic rings. The number of ether oxygens (including phenoxy) is 1. The Labute approximate surface area is 112 Å². The van der Waals surface area contributed by atoms with E-state index in [1.165, 1.54) is 19.2 Å². The summed E-state index contributed by atoms with van der Waals surface area (Å²) >= 11 is 8.91. The van der Waals surface area contributed by atoms with Crippen molar-refractivity contribution in [2.75, 3.05) is 13.7 Å². The lowest BCUT2D eigenvalue weighted by Crippen LogP contribution is -2.29. The summed E-state index contributed by atoms with van der Waals surface area (Å²) in [5, 5.41) is 3.42.